The molecule has 0 amide bonds. The van der Waals surface area contributed by atoms with Crippen LogP contribution in [0.5, 0.6) is 0 Å². The van der Waals surface area contributed by atoms with E-state index >= 15 is 0 Å². The molecule has 132 valence electrons. The van der Waals surface area contributed by atoms with Gasteiger partial charge in [-0.1, -0.05) is 46.3 Å². The second kappa shape index (κ2) is 9.29. The molecule has 1 saturated heterocycles. The number of nitrogens with one attached hydrogen (secondary N) is 3. The van der Waals surface area contributed by atoms with Gasteiger partial charge in [0.15, 0.2) is 5.11 Å². The van der Waals surface area contributed by atoms with Crippen molar-refractivity contribution in [3.63, 3.8) is 0 Å². The average Bonchev–Trinajstić information content (AvgIpc) is 2.62. The normalized spacial score (nSPS) is 14.9. The van der Waals surface area contributed by atoms with Crippen molar-refractivity contribution in [2.24, 2.45) is 0 Å². The quantitative estimate of drug-likeness (QED) is 0.649. The van der Waals surface area contributed by atoms with Crippen LogP contribution in [-0.4, -0.2) is 31.4 Å². The topological polar surface area (TPSA) is 37.7 Å². The van der Waals surface area contributed by atoms with E-state index in [-0.39, 0.29) is 0 Å². The standard InChI is InChI=1S/C19H22BrN3OS/c20-17-6-3-7-18(12-17)22-19(25)21-13-15-4-1-2-5-16(15)14-23-8-10-24-11-9-23/h1-7,12H,8-11,13-14H2,(H2,21,22,25)/p+1. The summed E-state index contributed by atoms with van der Waals surface area (Å²) in [5.41, 5.74) is 3.63. The predicted molar refractivity (Wildman–Crippen MR) is 109 cm³/mol. The molecule has 0 aliphatic carbocycles. The Hall–Kier alpha value is -1.47. The van der Waals surface area contributed by atoms with Gasteiger partial charge in [0.2, 0.25) is 0 Å². The van der Waals surface area contributed by atoms with E-state index in [9.17, 15) is 0 Å². The summed E-state index contributed by atoms with van der Waals surface area (Å²) in [6.45, 7) is 5.62. The van der Waals surface area contributed by atoms with Crippen molar-refractivity contribution in [1.29, 1.82) is 0 Å². The fourth-order valence-corrected chi connectivity index (χ4v) is 3.51. The van der Waals surface area contributed by atoms with Gasteiger partial charge in [-0.05, 0) is 36.0 Å². The molecule has 3 rings (SSSR count). The molecule has 0 spiro atoms. The molecule has 0 bridgehead atoms. The van der Waals surface area contributed by atoms with Crippen LogP contribution in [0.4, 0.5) is 5.69 Å². The van der Waals surface area contributed by atoms with Gasteiger partial charge in [0.1, 0.15) is 19.6 Å². The fourth-order valence-electron chi connectivity index (χ4n) is 2.93. The predicted octanol–water partition coefficient (Wildman–Crippen LogP) is 2.35. The minimum atomic E-state index is 0.631. The first kappa shape index (κ1) is 18.3. The highest BCUT2D eigenvalue weighted by atomic mass is 79.9. The Kier molecular flexibility index (Phi) is 6.81. The number of anilines is 1. The van der Waals surface area contributed by atoms with Crippen LogP contribution in [0.25, 0.3) is 0 Å². The lowest BCUT2D eigenvalue weighted by molar-refractivity contribution is -0.921. The van der Waals surface area contributed by atoms with Crippen LogP contribution in [0.2, 0.25) is 0 Å². The summed E-state index contributed by atoms with van der Waals surface area (Å²) in [5, 5.41) is 7.17. The number of hydrogen-bond donors (Lipinski definition) is 3. The molecule has 1 aliphatic heterocycles. The van der Waals surface area contributed by atoms with Crippen molar-refractivity contribution < 1.29 is 9.64 Å². The van der Waals surface area contributed by atoms with E-state index in [1.807, 2.05) is 24.3 Å². The van der Waals surface area contributed by atoms with Crippen LogP contribution in [0, 0.1) is 0 Å². The lowest BCUT2D eigenvalue weighted by atomic mass is 10.1. The molecule has 6 heteroatoms. The van der Waals surface area contributed by atoms with Gasteiger partial charge >= 0.3 is 0 Å². The highest BCUT2D eigenvalue weighted by Gasteiger charge is 2.15. The summed E-state index contributed by atoms with van der Waals surface area (Å²) < 4.78 is 6.48. The zero-order chi connectivity index (χ0) is 17.5. The maximum absolute atomic E-state index is 5.45. The van der Waals surface area contributed by atoms with Gasteiger partial charge in [-0.25, -0.2) is 0 Å². The molecule has 2 aromatic carbocycles. The van der Waals surface area contributed by atoms with E-state index in [4.69, 9.17) is 17.0 Å². The van der Waals surface area contributed by atoms with E-state index < -0.39 is 0 Å². The third kappa shape index (κ3) is 5.78. The van der Waals surface area contributed by atoms with Crippen LogP contribution in [0.1, 0.15) is 11.1 Å². The molecule has 1 aliphatic rings. The van der Waals surface area contributed by atoms with Gasteiger partial charge in [0.05, 0.1) is 13.2 Å². The molecule has 0 aromatic heterocycles. The smallest absolute Gasteiger partial charge is 0.171 e. The SMILES string of the molecule is S=C(NCc1ccccc1C[NH+]1CCOCC1)Nc1cccc(Br)c1. The Labute approximate surface area is 162 Å². The van der Waals surface area contributed by atoms with Crippen LogP contribution in [-0.2, 0) is 17.8 Å². The van der Waals surface area contributed by atoms with Crippen molar-refractivity contribution in [1.82, 2.24) is 5.32 Å². The monoisotopic (exact) mass is 420 g/mol. The highest BCUT2D eigenvalue weighted by Crippen LogP contribution is 2.15. The number of morpholine rings is 1. The van der Waals surface area contributed by atoms with E-state index in [1.54, 1.807) is 4.90 Å². The number of thiocarbonyl (C=S) groups is 1. The molecule has 0 unspecified atom stereocenters. The summed E-state index contributed by atoms with van der Waals surface area (Å²) in [5.74, 6) is 0. The van der Waals surface area contributed by atoms with Crippen LogP contribution >= 0.6 is 28.1 Å². The van der Waals surface area contributed by atoms with Crippen molar-refractivity contribution in [3.8, 4) is 0 Å². The summed E-state index contributed by atoms with van der Waals surface area (Å²) in [4.78, 5) is 1.58. The molecule has 25 heavy (non-hydrogen) atoms. The molecular formula is C19H23BrN3OS+. The summed E-state index contributed by atoms with van der Waals surface area (Å²) >= 11 is 8.89. The minimum Gasteiger partial charge on any atom is -0.370 e. The maximum atomic E-state index is 5.45. The lowest BCUT2D eigenvalue weighted by Crippen LogP contribution is -3.12. The Morgan fingerprint density at radius 2 is 1.84 bits per heavy atom. The number of halogens is 1. The largest absolute Gasteiger partial charge is 0.370 e. The van der Waals surface area contributed by atoms with Crippen molar-refractivity contribution >= 4 is 38.9 Å². The van der Waals surface area contributed by atoms with Crippen LogP contribution < -0.4 is 15.5 Å². The second-order valence-corrected chi connectivity index (χ2v) is 7.45. The first-order valence-corrected chi connectivity index (χ1v) is 9.69. The first-order chi connectivity index (χ1) is 12.2. The Bertz CT molecular complexity index is 719. The molecule has 1 heterocycles. The molecule has 0 atom stereocenters. The highest BCUT2D eigenvalue weighted by molar-refractivity contribution is 9.10. The van der Waals surface area contributed by atoms with Crippen LogP contribution in [0.15, 0.2) is 53.0 Å². The van der Waals surface area contributed by atoms with E-state index in [1.165, 1.54) is 11.1 Å². The Morgan fingerprint density at radius 3 is 2.60 bits per heavy atom. The molecule has 2 aromatic rings. The van der Waals surface area contributed by atoms with Crippen molar-refractivity contribution in [2.45, 2.75) is 13.1 Å². The van der Waals surface area contributed by atoms with Gasteiger partial charge in [-0.15, -0.1) is 0 Å². The summed E-state index contributed by atoms with van der Waals surface area (Å²) in [7, 11) is 0. The van der Waals surface area contributed by atoms with Gasteiger partial charge in [0, 0.05) is 22.3 Å². The van der Waals surface area contributed by atoms with Crippen molar-refractivity contribution in [3.05, 3.63) is 64.1 Å². The van der Waals surface area contributed by atoms with E-state index in [2.05, 4.69) is 50.8 Å². The maximum Gasteiger partial charge on any atom is 0.171 e. The summed E-state index contributed by atoms with van der Waals surface area (Å²) in [6, 6.07) is 16.5. The number of benzene rings is 2. The number of hydrogen-bond acceptors (Lipinski definition) is 2. The molecule has 1 fully saturated rings. The Morgan fingerprint density at radius 1 is 1.08 bits per heavy atom. The zero-order valence-corrected chi connectivity index (χ0v) is 16.5. The van der Waals surface area contributed by atoms with Gasteiger partial charge in [-0.3, -0.25) is 0 Å². The minimum absolute atomic E-state index is 0.631. The number of quaternary nitrogens is 1. The zero-order valence-electron chi connectivity index (χ0n) is 14.1. The molecule has 4 nitrogen and oxygen atoms in total. The molecule has 0 radical (unpaired) electrons. The molecule has 3 N–H and O–H groups in total. The van der Waals surface area contributed by atoms with E-state index in [0.29, 0.717) is 5.11 Å². The third-order valence-corrected chi connectivity index (χ3v) is 5.02. The van der Waals surface area contributed by atoms with E-state index in [0.717, 1.165) is 49.6 Å². The third-order valence-electron chi connectivity index (χ3n) is 4.28. The first-order valence-electron chi connectivity index (χ1n) is 8.49. The number of rotatable bonds is 5. The van der Waals surface area contributed by atoms with Crippen molar-refractivity contribution in [2.75, 3.05) is 31.6 Å². The molecule has 0 saturated carbocycles. The second-order valence-electron chi connectivity index (χ2n) is 6.13. The van der Waals surface area contributed by atoms with Crippen LogP contribution in [0.3, 0.4) is 0 Å². The van der Waals surface area contributed by atoms with Gasteiger partial charge in [0.25, 0.3) is 0 Å². The summed E-state index contributed by atoms with van der Waals surface area (Å²) in [6.07, 6.45) is 0. The van der Waals surface area contributed by atoms with Gasteiger partial charge < -0.3 is 20.3 Å². The van der Waals surface area contributed by atoms with Gasteiger partial charge in [-0.2, -0.15) is 0 Å². The Balaban J connectivity index is 1.56. The number of ether oxygens (including phenoxy) is 1. The average molecular weight is 421 g/mol. The fraction of sp³-hybridized carbons (Fsp3) is 0.316. The lowest BCUT2D eigenvalue weighted by Gasteiger charge is -2.24. The molecular weight excluding hydrogens is 398 g/mol.